The second-order valence-corrected chi connectivity index (χ2v) is 7.41. The number of nitrogens with zero attached hydrogens (tertiary/aromatic N) is 2. The molecule has 6 heteroatoms. The van der Waals surface area contributed by atoms with Crippen molar-refractivity contribution in [1.82, 2.24) is 9.88 Å². The standard InChI is InChI=1S/C22H20FN3O2/c1-28-13-8-9-17(23)16(10-13)14-6-3-7-15-20(24)19-18(25-21(14)15)11-26(22(19)27)12-4-2-5-12/h3,6-10,12H,2,4-5,11H2,1H3,(H2,24,25). The van der Waals surface area contributed by atoms with Gasteiger partial charge in [-0.2, -0.15) is 0 Å². The van der Waals surface area contributed by atoms with Gasteiger partial charge in [-0.1, -0.05) is 18.2 Å². The van der Waals surface area contributed by atoms with Crippen LogP contribution in [0.3, 0.4) is 0 Å². The summed E-state index contributed by atoms with van der Waals surface area (Å²) in [6.07, 6.45) is 3.20. The molecule has 1 amide bonds. The molecule has 0 bridgehead atoms. The van der Waals surface area contributed by atoms with Crippen LogP contribution >= 0.6 is 0 Å². The molecule has 0 saturated heterocycles. The van der Waals surface area contributed by atoms with Crippen molar-refractivity contribution in [2.75, 3.05) is 12.8 Å². The molecule has 5 rings (SSSR count). The van der Waals surface area contributed by atoms with Crippen LogP contribution in [0, 0.1) is 5.82 Å². The number of aromatic nitrogens is 1. The highest BCUT2D eigenvalue weighted by atomic mass is 19.1. The van der Waals surface area contributed by atoms with Crippen molar-refractivity contribution in [1.29, 1.82) is 0 Å². The summed E-state index contributed by atoms with van der Waals surface area (Å²) in [7, 11) is 1.55. The SMILES string of the molecule is COc1ccc(F)c(-c2cccc3c(N)c4c(nc23)CN(C2CCC2)C4=O)c1. The number of carbonyl (C=O) groups excluding carboxylic acids is 1. The van der Waals surface area contributed by atoms with E-state index in [1.54, 1.807) is 19.2 Å². The molecule has 5 nitrogen and oxygen atoms in total. The summed E-state index contributed by atoms with van der Waals surface area (Å²) in [6.45, 7) is 0.466. The lowest BCUT2D eigenvalue weighted by molar-refractivity contribution is 0.0606. The number of hydrogen-bond donors (Lipinski definition) is 1. The number of para-hydroxylation sites is 1. The smallest absolute Gasteiger partial charge is 0.258 e. The Kier molecular flexibility index (Phi) is 3.75. The summed E-state index contributed by atoms with van der Waals surface area (Å²) in [5.41, 5.74) is 9.67. The van der Waals surface area contributed by atoms with Crippen LogP contribution in [-0.4, -0.2) is 28.9 Å². The molecule has 1 saturated carbocycles. The van der Waals surface area contributed by atoms with Gasteiger partial charge in [0, 0.05) is 22.6 Å². The van der Waals surface area contributed by atoms with Crippen LogP contribution in [0.5, 0.6) is 5.75 Å². The number of halogens is 1. The van der Waals surface area contributed by atoms with Crippen molar-refractivity contribution in [2.45, 2.75) is 31.8 Å². The number of nitrogen functional groups attached to an aromatic ring is 1. The van der Waals surface area contributed by atoms with Gasteiger partial charge in [-0.05, 0) is 37.5 Å². The van der Waals surface area contributed by atoms with Crippen molar-refractivity contribution in [3.05, 3.63) is 53.5 Å². The van der Waals surface area contributed by atoms with E-state index in [0.717, 1.165) is 19.3 Å². The minimum absolute atomic E-state index is 0.0374. The number of methoxy groups -OCH3 is 1. The first-order valence-corrected chi connectivity index (χ1v) is 9.44. The van der Waals surface area contributed by atoms with E-state index in [-0.39, 0.29) is 17.8 Å². The Morgan fingerprint density at radius 3 is 2.75 bits per heavy atom. The van der Waals surface area contributed by atoms with E-state index in [4.69, 9.17) is 15.5 Å². The van der Waals surface area contributed by atoms with Crippen LogP contribution in [-0.2, 0) is 6.54 Å². The van der Waals surface area contributed by atoms with Gasteiger partial charge in [0.05, 0.1) is 36.1 Å². The van der Waals surface area contributed by atoms with Crippen LogP contribution in [0.25, 0.3) is 22.0 Å². The molecule has 2 aliphatic rings. The number of carbonyl (C=O) groups is 1. The third kappa shape index (κ3) is 2.37. The first-order valence-electron chi connectivity index (χ1n) is 9.44. The quantitative estimate of drug-likeness (QED) is 0.745. The predicted octanol–water partition coefficient (Wildman–Crippen LogP) is 4.14. The number of nitrogens with two attached hydrogens (primary N) is 1. The highest BCUT2D eigenvalue weighted by molar-refractivity contribution is 6.11. The molecule has 1 aromatic heterocycles. The first-order chi connectivity index (χ1) is 13.6. The minimum Gasteiger partial charge on any atom is -0.497 e. The molecule has 0 spiro atoms. The van der Waals surface area contributed by atoms with Gasteiger partial charge in [0.1, 0.15) is 11.6 Å². The maximum absolute atomic E-state index is 14.6. The zero-order valence-corrected chi connectivity index (χ0v) is 15.5. The lowest BCUT2D eigenvalue weighted by Gasteiger charge is -2.34. The minimum atomic E-state index is -0.360. The van der Waals surface area contributed by atoms with Crippen molar-refractivity contribution >= 4 is 22.5 Å². The monoisotopic (exact) mass is 377 g/mol. The molecule has 0 radical (unpaired) electrons. The Hall–Kier alpha value is -3.15. The van der Waals surface area contributed by atoms with Crippen LogP contribution in [0.1, 0.15) is 35.3 Å². The largest absolute Gasteiger partial charge is 0.497 e. The summed E-state index contributed by atoms with van der Waals surface area (Å²) in [5.74, 6) is 0.166. The first kappa shape index (κ1) is 17.0. The second kappa shape index (κ2) is 6.19. The normalized spacial score (nSPS) is 16.4. The van der Waals surface area contributed by atoms with Gasteiger partial charge < -0.3 is 15.4 Å². The van der Waals surface area contributed by atoms with Crippen LogP contribution in [0.4, 0.5) is 10.1 Å². The molecule has 3 aromatic rings. The maximum Gasteiger partial charge on any atom is 0.258 e. The number of pyridine rings is 1. The second-order valence-electron chi connectivity index (χ2n) is 7.41. The Morgan fingerprint density at radius 2 is 2.04 bits per heavy atom. The molecule has 1 aliphatic heterocycles. The third-order valence-electron chi connectivity index (χ3n) is 5.90. The molecular formula is C22H20FN3O2. The summed E-state index contributed by atoms with van der Waals surface area (Å²) in [6, 6.07) is 10.4. The van der Waals surface area contributed by atoms with Crippen molar-refractivity contribution < 1.29 is 13.9 Å². The molecule has 28 heavy (non-hydrogen) atoms. The van der Waals surface area contributed by atoms with Crippen LogP contribution in [0.15, 0.2) is 36.4 Å². The zero-order chi connectivity index (χ0) is 19.4. The molecule has 0 atom stereocenters. The lowest BCUT2D eigenvalue weighted by atomic mass is 9.92. The molecule has 1 fully saturated rings. The summed E-state index contributed by atoms with van der Waals surface area (Å²) < 4.78 is 19.9. The van der Waals surface area contributed by atoms with Gasteiger partial charge in [0.15, 0.2) is 0 Å². The fourth-order valence-electron chi connectivity index (χ4n) is 4.14. The van der Waals surface area contributed by atoms with E-state index in [1.807, 2.05) is 23.1 Å². The molecule has 142 valence electrons. The number of amides is 1. The molecular weight excluding hydrogens is 357 g/mol. The van der Waals surface area contributed by atoms with Gasteiger partial charge in [0.2, 0.25) is 0 Å². The lowest BCUT2D eigenvalue weighted by Crippen LogP contribution is -2.40. The summed E-state index contributed by atoms with van der Waals surface area (Å²) >= 11 is 0. The summed E-state index contributed by atoms with van der Waals surface area (Å²) in [4.78, 5) is 19.6. The van der Waals surface area contributed by atoms with Gasteiger partial charge in [-0.3, -0.25) is 4.79 Å². The Bertz CT molecular complexity index is 1120. The number of hydrogen-bond acceptors (Lipinski definition) is 4. The van der Waals surface area contributed by atoms with Crippen molar-refractivity contribution in [3.8, 4) is 16.9 Å². The number of rotatable bonds is 3. The predicted molar refractivity (Wildman–Crippen MR) is 106 cm³/mol. The van der Waals surface area contributed by atoms with Gasteiger partial charge in [0.25, 0.3) is 5.91 Å². The molecule has 0 unspecified atom stereocenters. The average Bonchev–Trinajstić information content (AvgIpc) is 2.97. The van der Waals surface area contributed by atoms with E-state index in [1.165, 1.54) is 6.07 Å². The van der Waals surface area contributed by atoms with E-state index in [2.05, 4.69) is 0 Å². The number of benzene rings is 2. The highest BCUT2D eigenvalue weighted by Crippen LogP contribution is 2.40. The molecule has 1 aliphatic carbocycles. The number of anilines is 1. The molecule has 2 N–H and O–H groups in total. The van der Waals surface area contributed by atoms with E-state index in [0.29, 0.717) is 51.3 Å². The van der Waals surface area contributed by atoms with Gasteiger partial charge in [-0.15, -0.1) is 0 Å². The molecule has 2 aromatic carbocycles. The fraction of sp³-hybridized carbons (Fsp3) is 0.273. The van der Waals surface area contributed by atoms with Gasteiger partial charge in [-0.25, -0.2) is 9.37 Å². The van der Waals surface area contributed by atoms with Crippen LogP contribution in [0.2, 0.25) is 0 Å². The van der Waals surface area contributed by atoms with E-state index >= 15 is 0 Å². The van der Waals surface area contributed by atoms with E-state index in [9.17, 15) is 9.18 Å². The van der Waals surface area contributed by atoms with Crippen molar-refractivity contribution in [2.24, 2.45) is 0 Å². The zero-order valence-electron chi connectivity index (χ0n) is 15.5. The Balaban J connectivity index is 1.71. The maximum atomic E-state index is 14.6. The van der Waals surface area contributed by atoms with Crippen molar-refractivity contribution in [3.63, 3.8) is 0 Å². The number of ether oxygens (including phenoxy) is 1. The summed E-state index contributed by atoms with van der Waals surface area (Å²) in [5, 5.41) is 0.669. The highest BCUT2D eigenvalue weighted by Gasteiger charge is 2.38. The fourth-order valence-corrected chi connectivity index (χ4v) is 4.14. The topological polar surface area (TPSA) is 68.5 Å². The average molecular weight is 377 g/mol. The van der Waals surface area contributed by atoms with Crippen LogP contribution < -0.4 is 10.5 Å². The molecule has 2 heterocycles. The third-order valence-corrected chi connectivity index (χ3v) is 5.90. The number of fused-ring (bicyclic) bond motifs is 2. The van der Waals surface area contributed by atoms with E-state index < -0.39 is 0 Å². The van der Waals surface area contributed by atoms with Gasteiger partial charge >= 0.3 is 0 Å². The Labute approximate surface area is 161 Å². The Morgan fingerprint density at radius 1 is 1.21 bits per heavy atom.